The fraction of sp³-hybridized carbons (Fsp3) is 0.176. The van der Waals surface area contributed by atoms with Crippen LogP contribution >= 0.6 is 11.3 Å². The monoisotopic (exact) mass is 315 g/mol. The van der Waals surface area contributed by atoms with Gasteiger partial charge in [-0.25, -0.2) is 9.37 Å². The van der Waals surface area contributed by atoms with E-state index in [1.807, 2.05) is 24.3 Å². The second kappa shape index (κ2) is 6.66. The number of rotatable bonds is 5. The van der Waals surface area contributed by atoms with E-state index in [1.165, 1.54) is 12.1 Å². The molecule has 112 valence electrons. The number of ether oxygens (including phenoxy) is 1. The number of benzene rings is 2. The summed E-state index contributed by atoms with van der Waals surface area (Å²) in [5.74, 6) is -0.624. The molecule has 0 radical (unpaired) electrons. The van der Waals surface area contributed by atoms with Crippen LogP contribution in [0.5, 0.6) is 0 Å². The van der Waals surface area contributed by atoms with E-state index < -0.39 is 0 Å². The van der Waals surface area contributed by atoms with Gasteiger partial charge in [0.2, 0.25) is 0 Å². The fourth-order valence-electron chi connectivity index (χ4n) is 2.10. The Balaban J connectivity index is 1.49. The zero-order valence-electron chi connectivity index (χ0n) is 11.8. The van der Waals surface area contributed by atoms with Crippen molar-refractivity contribution in [3.8, 4) is 0 Å². The topological polar surface area (TPSA) is 39.2 Å². The fourth-order valence-corrected chi connectivity index (χ4v) is 3.05. The zero-order valence-corrected chi connectivity index (χ0v) is 12.6. The van der Waals surface area contributed by atoms with Crippen LogP contribution in [-0.2, 0) is 22.4 Å². The van der Waals surface area contributed by atoms with Crippen molar-refractivity contribution in [1.82, 2.24) is 4.98 Å². The number of hydrogen-bond acceptors (Lipinski definition) is 4. The van der Waals surface area contributed by atoms with Gasteiger partial charge in [-0.15, -0.1) is 11.3 Å². The quantitative estimate of drug-likeness (QED) is 0.673. The Kier molecular flexibility index (Phi) is 4.44. The SMILES string of the molecule is O=C(Cc1ccc(F)cc1)OCCc1nc2ccccc2s1. The van der Waals surface area contributed by atoms with E-state index in [4.69, 9.17) is 4.74 Å². The molecule has 0 spiro atoms. The number of halogens is 1. The lowest BCUT2D eigenvalue weighted by atomic mass is 10.1. The van der Waals surface area contributed by atoms with Crippen molar-refractivity contribution in [1.29, 1.82) is 0 Å². The number of esters is 1. The molecule has 0 unspecified atom stereocenters. The Morgan fingerprint density at radius 1 is 1.14 bits per heavy atom. The molecule has 0 aliphatic rings. The van der Waals surface area contributed by atoms with E-state index in [9.17, 15) is 9.18 Å². The lowest BCUT2D eigenvalue weighted by molar-refractivity contribution is -0.142. The summed E-state index contributed by atoms with van der Waals surface area (Å²) in [4.78, 5) is 16.2. The molecular weight excluding hydrogens is 301 g/mol. The Labute approximate surface area is 131 Å². The minimum atomic E-state index is -0.312. The number of aromatic nitrogens is 1. The van der Waals surface area contributed by atoms with Crippen molar-refractivity contribution in [2.45, 2.75) is 12.8 Å². The van der Waals surface area contributed by atoms with Gasteiger partial charge in [-0.05, 0) is 29.8 Å². The number of fused-ring (bicyclic) bond motifs is 1. The van der Waals surface area contributed by atoms with Crippen molar-refractivity contribution in [2.24, 2.45) is 0 Å². The van der Waals surface area contributed by atoms with Crippen LogP contribution in [0.2, 0.25) is 0 Å². The van der Waals surface area contributed by atoms with Gasteiger partial charge in [-0.2, -0.15) is 0 Å². The van der Waals surface area contributed by atoms with Crippen LogP contribution in [0.4, 0.5) is 4.39 Å². The summed E-state index contributed by atoms with van der Waals surface area (Å²) in [6.45, 7) is 0.305. The number of carbonyl (C=O) groups is 1. The van der Waals surface area contributed by atoms with Gasteiger partial charge in [0, 0.05) is 6.42 Å². The van der Waals surface area contributed by atoms with Gasteiger partial charge >= 0.3 is 5.97 Å². The molecular formula is C17H14FNO2S. The molecule has 0 aliphatic carbocycles. The molecule has 0 atom stereocenters. The van der Waals surface area contributed by atoms with E-state index >= 15 is 0 Å². The van der Waals surface area contributed by atoms with Crippen LogP contribution in [0.1, 0.15) is 10.6 Å². The number of carbonyl (C=O) groups excluding carboxylic acids is 1. The Morgan fingerprint density at radius 3 is 2.68 bits per heavy atom. The van der Waals surface area contributed by atoms with Crippen LogP contribution in [0, 0.1) is 5.82 Å². The van der Waals surface area contributed by atoms with E-state index in [-0.39, 0.29) is 18.2 Å². The normalized spacial score (nSPS) is 10.8. The van der Waals surface area contributed by atoms with Gasteiger partial charge in [0.1, 0.15) is 5.82 Å². The molecule has 3 aromatic rings. The predicted molar refractivity (Wildman–Crippen MR) is 84.4 cm³/mol. The van der Waals surface area contributed by atoms with Crippen molar-refractivity contribution >= 4 is 27.5 Å². The molecule has 0 aliphatic heterocycles. The molecule has 0 N–H and O–H groups in total. The average molecular weight is 315 g/mol. The van der Waals surface area contributed by atoms with E-state index in [1.54, 1.807) is 23.5 Å². The highest BCUT2D eigenvalue weighted by Crippen LogP contribution is 2.21. The highest BCUT2D eigenvalue weighted by atomic mass is 32.1. The second-order valence-corrected chi connectivity index (χ2v) is 5.96. The predicted octanol–water partition coefficient (Wildman–Crippen LogP) is 3.76. The standard InChI is InChI=1S/C17H14FNO2S/c18-13-7-5-12(6-8-13)11-17(20)21-10-9-16-19-14-3-1-2-4-15(14)22-16/h1-8H,9-11H2. The van der Waals surface area contributed by atoms with E-state index in [0.29, 0.717) is 13.0 Å². The molecule has 22 heavy (non-hydrogen) atoms. The van der Waals surface area contributed by atoms with Crippen molar-refractivity contribution in [2.75, 3.05) is 6.61 Å². The summed E-state index contributed by atoms with van der Waals surface area (Å²) in [7, 11) is 0. The summed E-state index contributed by atoms with van der Waals surface area (Å²) in [5, 5.41) is 0.954. The number of nitrogens with zero attached hydrogens (tertiary/aromatic N) is 1. The number of thiazole rings is 1. The summed E-state index contributed by atoms with van der Waals surface area (Å²) in [5.41, 5.74) is 1.71. The molecule has 0 saturated heterocycles. The highest BCUT2D eigenvalue weighted by Gasteiger charge is 2.07. The molecule has 1 aromatic heterocycles. The van der Waals surface area contributed by atoms with Crippen LogP contribution < -0.4 is 0 Å². The van der Waals surface area contributed by atoms with Crippen LogP contribution in [0.25, 0.3) is 10.2 Å². The number of para-hydroxylation sites is 1. The van der Waals surface area contributed by atoms with E-state index in [0.717, 1.165) is 20.8 Å². The van der Waals surface area contributed by atoms with Crippen molar-refractivity contribution in [3.63, 3.8) is 0 Å². The molecule has 2 aromatic carbocycles. The minimum Gasteiger partial charge on any atom is -0.465 e. The summed E-state index contributed by atoms with van der Waals surface area (Å²) >= 11 is 1.61. The van der Waals surface area contributed by atoms with Crippen LogP contribution in [0.3, 0.4) is 0 Å². The van der Waals surface area contributed by atoms with Gasteiger partial charge in [-0.3, -0.25) is 4.79 Å². The first-order valence-electron chi connectivity index (χ1n) is 6.95. The lowest BCUT2D eigenvalue weighted by Gasteiger charge is -2.03. The first kappa shape index (κ1) is 14.7. The third kappa shape index (κ3) is 3.68. The van der Waals surface area contributed by atoms with Gasteiger partial charge in [-0.1, -0.05) is 24.3 Å². The largest absolute Gasteiger partial charge is 0.465 e. The summed E-state index contributed by atoms with van der Waals surface area (Å²) in [6.07, 6.45) is 0.759. The van der Waals surface area contributed by atoms with Crippen LogP contribution in [0.15, 0.2) is 48.5 Å². The van der Waals surface area contributed by atoms with E-state index in [2.05, 4.69) is 4.98 Å². The molecule has 3 nitrogen and oxygen atoms in total. The lowest BCUT2D eigenvalue weighted by Crippen LogP contribution is -2.10. The average Bonchev–Trinajstić information content (AvgIpc) is 2.92. The first-order valence-corrected chi connectivity index (χ1v) is 7.77. The molecule has 0 amide bonds. The minimum absolute atomic E-state index is 0.153. The smallest absolute Gasteiger partial charge is 0.310 e. The maximum absolute atomic E-state index is 12.8. The Morgan fingerprint density at radius 2 is 1.91 bits per heavy atom. The van der Waals surface area contributed by atoms with Crippen molar-refractivity contribution in [3.05, 3.63) is 64.9 Å². The molecule has 5 heteroatoms. The Bertz CT molecular complexity index is 750. The maximum Gasteiger partial charge on any atom is 0.310 e. The third-order valence-electron chi connectivity index (χ3n) is 3.18. The summed E-state index contributed by atoms with van der Waals surface area (Å²) in [6, 6.07) is 13.8. The third-order valence-corrected chi connectivity index (χ3v) is 4.28. The molecule has 0 bridgehead atoms. The van der Waals surface area contributed by atoms with Gasteiger partial charge in [0.15, 0.2) is 0 Å². The summed E-state index contributed by atoms with van der Waals surface area (Å²) < 4.78 is 19.1. The zero-order chi connectivity index (χ0) is 15.4. The molecule has 0 fully saturated rings. The van der Waals surface area contributed by atoms with Gasteiger partial charge < -0.3 is 4.74 Å². The molecule has 1 heterocycles. The second-order valence-electron chi connectivity index (χ2n) is 4.85. The Hall–Kier alpha value is -2.27. The highest BCUT2D eigenvalue weighted by molar-refractivity contribution is 7.18. The maximum atomic E-state index is 12.8. The molecule has 3 rings (SSSR count). The van der Waals surface area contributed by atoms with Crippen LogP contribution in [-0.4, -0.2) is 17.6 Å². The van der Waals surface area contributed by atoms with Gasteiger partial charge in [0.25, 0.3) is 0 Å². The first-order chi connectivity index (χ1) is 10.7. The number of hydrogen-bond donors (Lipinski definition) is 0. The van der Waals surface area contributed by atoms with Gasteiger partial charge in [0.05, 0.1) is 28.3 Å². The van der Waals surface area contributed by atoms with Crippen molar-refractivity contribution < 1.29 is 13.9 Å². The molecule has 0 saturated carbocycles.